The van der Waals surface area contributed by atoms with Crippen molar-refractivity contribution in [2.75, 3.05) is 7.11 Å². The smallest absolute Gasteiger partial charge is 0.437 e. The molecule has 5 nitrogen and oxygen atoms in total. The Labute approximate surface area is 64.5 Å². The topological polar surface area (TPSA) is 78.6 Å². The molecule has 0 unspecified atom stereocenters. The largest absolute Gasteiger partial charge is 0.515 e. The second-order valence-corrected chi connectivity index (χ2v) is 2.57. The van der Waals surface area contributed by atoms with E-state index in [0.717, 1.165) is 7.11 Å². The summed E-state index contributed by atoms with van der Waals surface area (Å²) in [6.45, 7) is 2.86. The molecule has 0 atom stereocenters. The third-order valence-electron chi connectivity index (χ3n) is 0.869. The molecule has 0 aromatic carbocycles. The van der Waals surface area contributed by atoms with Crippen molar-refractivity contribution in [1.82, 2.24) is 0 Å². The minimum absolute atomic E-state index is 0.815. The maximum atomic E-state index is 10.8. The van der Waals surface area contributed by atoms with Gasteiger partial charge in [0.1, 0.15) is 5.54 Å². The van der Waals surface area contributed by atoms with E-state index in [1.165, 1.54) is 13.8 Å². The van der Waals surface area contributed by atoms with Crippen molar-refractivity contribution in [2.24, 2.45) is 5.73 Å². The molecular weight excluding hydrogens is 150 g/mol. The highest BCUT2D eigenvalue weighted by Gasteiger charge is 2.26. The molecular formula is C6H11NO4. The molecule has 0 aromatic heterocycles. The monoisotopic (exact) mass is 161 g/mol. The normalized spacial score (nSPS) is 10.5. The number of nitrogens with two attached hydrogens (primary N) is 1. The van der Waals surface area contributed by atoms with Crippen molar-refractivity contribution >= 4 is 12.1 Å². The standard InChI is InChI=1S/C6H11NO4/c1-6(2,7)4(8)11-5(9)10-3/h7H2,1-3H3. The number of hydrogen-bond donors (Lipinski definition) is 1. The van der Waals surface area contributed by atoms with Gasteiger partial charge in [0.15, 0.2) is 0 Å². The molecule has 0 radical (unpaired) electrons. The Hall–Kier alpha value is -1.10. The van der Waals surface area contributed by atoms with E-state index in [1.54, 1.807) is 0 Å². The summed E-state index contributed by atoms with van der Waals surface area (Å²) in [5.41, 5.74) is 4.13. The van der Waals surface area contributed by atoms with Gasteiger partial charge >= 0.3 is 12.1 Å². The van der Waals surface area contributed by atoms with Crippen LogP contribution >= 0.6 is 0 Å². The van der Waals surface area contributed by atoms with Crippen LogP contribution in [0.5, 0.6) is 0 Å². The van der Waals surface area contributed by atoms with E-state index in [9.17, 15) is 9.59 Å². The zero-order valence-corrected chi connectivity index (χ0v) is 6.71. The zero-order chi connectivity index (χ0) is 9.07. The SMILES string of the molecule is COC(=O)OC(=O)C(C)(C)N. The second kappa shape index (κ2) is 3.34. The van der Waals surface area contributed by atoms with Crippen LogP contribution in [0.3, 0.4) is 0 Å². The maximum Gasteiger partial charge on any atom is 0.515 e. The van der Waals surface area contributed by atoms with Gasteiger partial charge in [-0.1, -0.05) is 0 Å². The van der Waals surface area contributed by atoms with E-state index in [0.29, 0.717) is 0 Å². The summed E-state index contributed by atoms with van der Waals surface area (Å²) in [7, 11) is 1.11. The Morgan fingerprint density at radius 2 is 1.82 bits per heavy atom. The fourth-order valence-corrected chi connectivity index (χ4v) is 0.249. The van der Waals surface area contributed by atoms with E-state index in [-0.39, 0.29) is 0 Å². The number of esters is 1. The highest BCUT2D eigenvalue weighted by Crippen LogP contribution is 2.00. The van der Waals surface area contributed by atoms with Gasteiger partial charge in [-0.25, -0.2) is 9.59 Å². The third kappa shape index (κ3) is 3.57. The lowest BCUT2D eigenvalue weighted by Gasteiger charge is -2.14. The van der Waals surface area contributed by atoms with Crippen LogP contribution < -0.4 is 5.73 Å². The molecule has 2 N–H and O–H groups in total. The molecule has 0 rings (SSSR count). The van der Waals surface area contributed by atoms with Gasteiger partial charge in [-0.2, -0.15) is 0 Å². The van der Waals surface area contributed by atoms with Gasteiger partial charge in [-0.3, -0.25) is 0 Å². The van der Waals surface area contributed by atoms with E-state index < -0.39 is 17.7 Å². The molecule has 0 bridgehead atoms. The van der Waals surface area contributed by atoms with Crippen LogP contribution in [0, 0.1) is 0 Å². The zero-order valence-electron chi connectivity index (χ0n) is 6.71. The molecule has 0 fully saturated rings. The predicted molar refractivity (Wildman–Crippen MR) is 36.8 cm³/mol. The number of carbonyl (C=O) groups excluding carboxylic acids is 2. The highest BCUT2D eigenvalue weighted by molar-refractivity contribution is 5.87. The first-order chi connectivity index (χ1) is 4.88. The van der Waals surface area contributed by atoms with Gasteiger partial charge < -0.3 is 15.2 Å². The van der Waals surface area contributed by atoms with Crippen molar-refractivity contribution in [2.45, 2.75) is 19.4 Å². The highest BCUT2D eigenvalue weighted by atomic mass is 16.7. The summed E-state index contributed by atoms with van der Waals surface area (Å²) < 4.78 is 8.22. The average Bonchev–Trinajstić information content (AvgIpc) is 1.85. The number of hydrogen-bond acceptors (Lipinski definition) is 5. The number of rotatable bonds is 1. The van der Waals surface area contributed by atoms with Gasteiger partial charge in [0.05, 0.1) is 7.11 Å². The number of ether oxygens (including phenoxy) is 2. The molecule has 0 heterocycles. The Kier molecular flexibility index (Phi) is 3.00. The van der Waals surface area contributed by atoms with Gasteiger partial charge in [0.2, 0.25) is 0 Å². The minimum Gasteiger partial charge on any atom is -0.437 e. The average molecular weight is 161 g/mol. The molecule has 0 saturated heterocycles. The van der Waals surface area contributed by atoms with Crippen LogP contribution in [0.1, 0.15) is 13.8 Å². The molecule has 64 valence electrons. The van der Waals surface area contributed by atoms with Gasteiger partial charge in [0, 0.05) is 0 Å². The first kappa shape index (κ1) is 9.90. The van der Waals surface area contributed by atoms with Gasteiger partial charge in [-0.15, -0.1) is 0 Å². The van der Waals surface area contributed by atoms with Crippen molar-refractivity contribution in [3.63, 3.8) is 0 Å². The van der Waals surface area contributed by atoms with Crippen LogP contribution in [0.25, 0.3) is 0 Å². The van der Waals surface area contributed by atoms with Crippen LogP contribution in [-0.2, 0) is 14.3 Å². The Morgan fingerprint density at radius 1 is 1.36 bits per heavy atom. The summed E-state index contributed by atoms with van der Waals surface area (Å²) in [6.07, 6.45) is -1.05. The predicted octanol–water partition coefficient (Wildman–Crippen LogP) is 0.0333. The molecule has 5 heteroatoms. The number of carbonyl (C=O) groups is 2. The van der Waals surface area contributed by atoms with Crippen molar-refractivity contribution < 1.29 is 19.1 Å². The summed E-state index contributed by atoms with van der Waals surface area (Å²) in [5.74, 6) is -0.815. The summed E-state index contributed by atoms with van der Waals surface area (Å²) >= 11 is 0. The van der Waals surface area contributed by atoms with E-state index in [4.69, 9.17) is 5.73 Å². The first-order valence-electron chi connectivity index (χ1n) is 2.97. The van der Waals surface area contributed by atoms with Crippen molar-refractivity contribution in [3.05, 3.63) is 0 Å². The number of methoxy groups -OCH3 is 1. The fraction of sp³-hybridized carbons (Fsp3) is 0.667. The first-order valence-corrected chi connectivity index (χ1v) is 2.97. The Bertz CT molecular complexity index is 170. The molecule has 11 heavy (non-hydrogen) atoms. The maximum absolute atomic E-state index is 10.8. The Balaban J connectivity index is 3.99. The van der Waals surface area contributed by atoms with Crippen LogP contribution in [0.4, 0.5) is 4.79 Å². The molecule has 0 amide bonds. The lowest BCUT2D eigenvalue weighted by molar-refractivity contribution is -0.144. The molecule has 0 saturated carbocycles. The molecule has 0 aliphatic heterocycles. The molecule has 0 spiro atoms. The Morgan fingerprint density at radius 3 is 2.09 bits per heavy atom. The molecule has 0 aliphatic carbocycles. The summed E-state index contributed by atoms with van der Waals surface area (Å²) in [5, 5.41) is 0. The summed E-state index contributed by atoms with van der Waals surface area (Å²) in [4.78, 5) is 21.1. The lowest BCUT2D eigenvalue weighted by atomic mass is 10.1. The lowest BCUT2D eigenvalue weighted by Crippen LogP contribution is -2.43. The van der Waals surface area contributed by atoms with Gasteiger partial charge in [0.25, 0.3) is 0 Å². The van der Waals surface area contributed by atoms with E-state index >= 15 is 0 Å². The van der Waals surface area contributed by atoms with Crippen molar-refractivity contribution in [1.29, 1.82) is 0 Å². The van der Waals surface area contributed by atoms with Crippen LogP contribution in [-0.4, -0.2) is 24.8 Å². The van der Waals surface area contributed by atoms with Gasteiger partial charge in [-0.05, 0) is 13.8 Å². The third-order valence-corrected chi connectivity index (χ3v) is 0.869. The van der Waals surface area contributed by atoms with E-state index in [2.05, 4.69) is 9.47 Å². The quantitative estimate of drug-likeness (QED) is 0.433. The fourth-order valence-electron chi connectivity index (χ4n) is 0.249. The minimum atomic E-state index is -1.17. The van der Waals surface area contributed by atoms with E-state index in [1.807, 2.05) is 0 Å². The second-order valence-electron chi connectivity index (χ2n) is 2.57. The molecule has 0 aliphatic rings. The molecule has 0 aromatic rings. The van der Waals surface area contributed by atoms with Crippen molar-refractivity contribution in [3.8, 4) is 0 Å². The van der Waals surface area contributed by atoms with Crippen LogP contribution in [0.2, 0.25) is 0 Å². The van der Waals surface area contributed by atoms with Crippen LogP contribution in [0.15, 0.2) is 0 Å². The summed E-state index contributed by atoms with van der Waals surface area (Å²) in [6, 6.07) is 0.